The molecule has 0 aromatic rings. The molecule has 0 atom stereocenters. The Morgan fingerprint density at radius 2 is 1.65 bits per heavy atom. The smallest absolute Gasteiger partial charge is 0.317 e. The average molecular weight is 288 g/mol. The van der Waals surface area contributed by atoms with E-state index in [0.717, 1.165) is 19.3 Å². The van der Waals surface area contributed by atoms with Crippen molar-refractivity contribution in [3.05, 3.63) is 0 Å². The lowest BCUT2D eigenvalue weighted by atomic mass is 9.74. The van der Waals surface area contributed by atoms with Crippen molar-refractivity contribution in [1.82, 2.24) is 10.2 Å². The maximum atomic E-state index is 12.1. The molecule has 0 radical (unpaired) electrons. The normalized spacial score (nSPS) is 12.1. The number of carbonyl (C=O) groups excluding carboxylic acids is 1. The first-order chi connectivity index (χ1) is 9.06. The Morgan fingerprint density at radius 1 is 1.10 bits per heavy atom. The van der Waals surface area contributed by atoms with Crippen LogP contribution in [0.2, 0.25) is 0 Å². The predicted molar refractivity (Wildman–Crippen MR) is 77.6 cm³/mol. The number of aliphatic hydroxyl groups excluding tert-OH is 1. The first kappa shape index (κ1) is 18.7. The summed E-state index contributed by atoms with van der Waals surface area (Å²) in [5, 5.41) is 20.7. The summed E-state index contributed by atoms with van der Waals surface area (Å²) in [5.74, 6) is -0.951. The summed E-state index contributed by atoms with van der Waals surface area (Å²) in [4.78, 5) is 24.9. The minimum absolute atomic E-state index is 0.162. The fourth-order valence-electron chi connectivity index (χ4n) is 1.53. The lowest BCUT2D eigenvalue weighted by Crippen LogP contribution is -2.59. The lowest BCUT2D eigenvalue weighted by Gasteiger charge is -2.39. The molecule has 0 aliphatic rings. The van der Waals surface area contributed by atoms with Crippen molar-refractivity contribution in [3.8, 4) is 0 Å². The summed E-state index contributed by atoms with van der Waals surface area (Å²) in [6.45, 7) is 7.34. The van der Waals surface area contributed by atoms with E-state index in [9.17, 15) is 14.7 Å². The number of nitrogens with one attached hydrogen (secondary N) is 1. The molecule has 6 heteroatoms. The number of urea groups is 1. The largest absolute Gasteiger partial charge is 0.481 e. The summed E-state index contributed by atoms with van der Waals surface area (Å²) < 4.78 is 0. The molecule has 0 saturated carbocycles. The lowest BCUT2D eigenvalue weighted by molar-refractivity contribution is -0.150. The highest BCUT2D eigenvalue weighted by Crippen LogP contribution is 2.30. The van der Waals surface area contributed by atoms with E-state index in [-0.39, 0.29) is 12.6 Å². The van der Waals surface area contributed by atoms with E-state index < -0.39 is 16.9 Å². The Morgan fingerprint density at radius 3 is 2.10 bits per heavy atom. The zero-order chi connectivity index (χ0) is 16.0. The second-order valence-electron chi connectivity index (χ2n) is 6.19. The van der Waals surface area contributed by atoms with Gasteiger partial charge in [-0.1, -0.05) is 0 Å². The van der Waals surface area contributed by atoms with E-state index in [1.54, 1.807) is 34.7 Å². The standard InChI is InChI=1S/C14H28N2O4/c1-13(2,11(18)19)14(3,4)15-12(20)16(5)9-7-6-8-10-17/h17H,6-10H2,1-5H3,(H,15,20)(H,18,19). The molecule has 0 bridgehead atoms. The molecule has 0 unspecified atom stereocenters. The van der Waals surface area contributed by atoms with Crippen LogP contribution in [0.15, 0.2) is 0 Å². The molecule has 0 spiro atoms. The van der Waals surface area contributed by atoms with Crippen molar-refractivity contribution in [2.45, 2.75) is 52.5 Å². The molecule has 2 amide bonds. The molecular formula is C14H28N2O4. The van der Waals surface area contributed by atoms with E-state index >= 15 is 0 Å². The van der Waals surface area contributed by atoms with Crippen molar-refractivity contribution in [3.63, 3.8) is 0 Å². The van der Waals surface area contributed by atoms with Crippen LogP contribution < -0.4 is 5.32 Å². The molecule has 20 heavy (non-hydrogen) atoms. The zero-order valence-electron chi connectivity index (χ0n) is 13.2. The number of carboxylic acids is 1. The SMILES string of the molecule is CN(CCCCCO)C(=O)NC(C)(C)C(C)(C)C(=O)O. The van der Waals surface area contributed by atoms with Gasteiger partial charge in [-0.25, -0.2) is 4.79 Å². The van der Waals surface area contributed by atoms with Crippen LogP contribution in [-0.4, -0.2) is 52.9 Å². The highest BCUT2D eigenvalue weighted by atomic mass is 16.4. The van der Waals surface area contributed by atoms with Gasteiger partial charge in [0.25, 0.3) is 0 Å². The second kappa shape index (κ2) is 7.47. The summed E-state index contributed by atoms with van der Waals surface area (Å²) in [6, 6.07) is -0.284. The van der Waals surface area contributed by atoms with E-state index in [1.807, 2.05) is 0 Å². The van der Waals surface area contributed by atoms with Gasteiger partial charge in [0.05, 0.1) is 11.0 Å². The van der Waals surface area contributed by atoms with Gasteiger partial charge in [-0.05, 0) is 47.0 Å². The Labute approximate surface area is 121 Å². The van der Waals surface area contributed by atoms with Crippen LogP contribution in [0.4, 0.5) is 4.79 Å². The number of carbonyl (C=O) groups is 2. The quantitative estimate of drug-likeness (QED) is 0.593. The highest BCUT2D eigenvalue weighted by Gasteiger charge is 2.44. The van der Waals surface area contributed by atoms with Gasteiger partial charge in [0, 0.05) is 20.2 Å². The van der Waals surface area contributed by atoms with Crippen LogP contribution in [0.5, 0.6) is 0 Å². The van der Waals surface area contributed by atoms with Crippen LogP contribution >= 0.6 is 0 Å². The van der Waals surface area contributed by atoms with Crippen molar-refractivity contribution >= 4 is 12.0 Å². The molecule has 3 N–H and O–H groups in total. The highest BCUT2D eigenvalue weighted by molar-refractivity contribution is 5.79. The molecule has 0 fully saturated rings. The van der Waals surface area contributed by atoms with E-state index in [2.05, 4.69) is 5.32 Å². The van der Waals surface area contributed by atoms with Crippen LogP contribution in [0.1, 0.15) is 47.0 Å². The van der Waals surface area contributed by atoms with E-state index in [0.29, 0.717) is 6.54 Å². The molecule has 0 aliphatic carbocycles. The first-order valence-electron chi connectivity index (χ1n) is 6.94. The van der Waals surface area contributed by atoms with Crippen molar-refractivity contribution in [1.29, 1.82) is 0 Å². The molecule has 0 saturated heterocycles. The average Bonchev–Trinajstić information content (AvgIpc) is 2.33. The molecule has 0 heterocycles. The third-order valence-corrected chi connectivity index (χ3v) is 4.01. The van der Waals surface area contributed by atoms with Crippen LogP contribution in [-0.2, 0) is 4.79 Å². The van der Waals surface area contributed by atoms with Gasteiger partial charge in [-0.3, -0.25) is 4.79 Å². The number of hydrogen-bond donors (Lipinski definition) is 3. The Balaban J connectivity index is 4.47. The summed E-state index contributed by atoms with van der Waals surface area (Å²) in [5.41, 5.74) is -1.93. The number of carboxylic acid groups (broad SMARTS) is 1. The van der Waals surface area contributed by atoms with Crippen LogP contribution in [0.25, 0.3) is 0 Å². The summed E-state index contributed by atoms with van der Waals surface area (Å²) in [6.07, 6.45) is 2.40. The van der Waals surface area contributed by atoms with Crippen molar-refractivity contribution in [2.24, 2.45) is 5.41 Å². The number of aliphatic hydroxyl groups is 1. The zero-order valence-corrected chi connectivity index (χ0v) is 13.2. The fourth-order valence-corrected chi connectivity index (χ4v) is 1.53. The molecule has 0 aromatic carbocycles. The molecule has 0 rings (SSSR count). The third kappa shape index (κ3) is 5.00. The van der Waals surface area contributed by atoms with E-state index in [1.165, 1.54) is 4.90 Å². The molecule has 6 nitrogen and oxygen atoms in total. The van der Waals surface area contributed by atoms with Gasteiger partial charge in [0.2, 0.25) is 0 Å². The van der Waals surface area contributed by atoms with Crippen molar-refractivity contribution in [2.75, 3.05) is 20.2 Å². The number of nitrogens with zero attached hydrogens (tertiary/aromatic N) is 1. The maximum Gasteiger partial charge on any atom is 0.317 e. The van der Waals surface area contributed by atoms with Gasteiger partial charge in [-0.15, -0.1) is 0 Å². The maximum absolute atomic E-state index is 12.1. The topological polar surface area (TPSA) is 89.9 Å². The number of amides is 2. The van der Waals surface area contributed by atoms with Gasteiger partial charge in [0.1, 0.15) is 0 Å². The minimum Gasteiger partial charge on any atom is -0.481 e. The van der Waals surface area contributed by atoms with E-state index in [4.69, 9.17) is 5.11 Å². The fraction of sp³-hybridized carbons (Fsp3) is 0.857. The summed E-state index contributed by atoms with van der Waals surface area (Å²) >= 11 is 0. The summed E-state index contributed by atoms with van der Waals surface area (Å²) in [7, 11) is 1.68. The Kier molecular flexibility index (Phi) is 6.99. The third-order valence-electron chi connectivity index (χ3n) is 4.01. The number of hydrogen-bond acceptors (Lipinski definition) is 3. The monoisotopic (exact) mass is 288 g/mol. The molecule has 118 valence electrons. The second-order valence-corrected chi connectivity index (χ2v) is 6.19. The predicted octanol–water partition coefficient (Wildman–Crippen LogP) is 1.68. The molecule has 0 aliphatic heterocycles. The molecular weight excluding hydrogens is 260 g/mol. The van der Waals surface area contributed by atoms with Crippen molar-refractivity contribution < 1.29 is 19.8 Å². The number of rotatable bonds is 8. The van der Waals surface area contributed by atoms with Gasteiger partial charge >= 0.3 is 12.0 Å². The first-order valence-corrected chi connectivity index (χ1v) is 6.94. The minimum atomic E-state index is -1.07. The molecule has 0 aromatic heterocycles. The number of aliphatic carboxylic acids is 1. The van der Waals surface area contributed by atoms with Gasteiger partial charge < -0.3 is 20.4 Å². The van der Waals surface area contributed by atoms with Crippen LogP contribution in [0.3, 0.4) is 0 Å². The number of unbranched alkanes of at least 4 members (excludes halogenated alkanes) is 2. The van der Waals surface area contributed by atoms with Crippen LogP contribution in [0, 0.1) is 5.41 Å². The van der Waals surface area contributed by atoms with Gasteiger partial charge in [-0.2, -0.15) is 0 Å². The van der Waals surface area contributed by atoms with Gasteiger partial charge in [0.15, 0.2) is 0 Å². The Hall–Kier alpha value is -1.30. The Bertz CT molecular complexity index is 340.